The zero-order valence-corrected chi connectivity index (χ0v) is 18.4. The second-order valence-electron chi connectivity index (χ2n) is 8.68. The molecule has 0 radical (unpaired) electrons. The first-order valence-electron chi connectivity index (χ1n) is 11.2. The molecule has 0 spiro atoms. The van der Waals surface area contributed by atoms with Crippen LogP contribution in [0.3, 0.4) is 0 Å². The van der Waals surface area contributed by atoms with Gasteiger partial charge in [-0.3, -0.25) is 4.99 Å². The molecule has 1 aliphatic carbocycles. The molecule has 6 nitrogen and oxygen atoms in total. The Kier molecular flexibility index (Phi) is 5.75. The van der Waals surface area contributed by atoms with E-state index in [2.05, 4.69) is 39.8 Å². The Bertz CT molecular complexity index is 1270. The predicted molar refractivity (Wildman–Crippen MR) is 134 cm³/mol. The lowest BCUT2D eigenvalue weighted by molar-refractivity contribution is 0.0948. The van der Waals surface area contributed by atoms with Crippen LogP contribution in [-0.2, 0) is 0 Å². The third-order valence-electron chi connectivity index (χ3n) is 6.45. The molecule has 166 valence electrons. The number of benzene rings is 2. The SMILES string of the molecule is C=N/C(=C1/C(N)=NC=CN1CC1CC(CO)C1)c1ccc2ccc(-c3ccccc3)nc2c1. The number of hydrogen-bond donors (Lipinski definition) is 2. The van der Waals surface area contributed by atoms with Gasteiger partial charge in [-0.15, -0.1) is 0 Å². The monoisotopic (exact) mass is 437 g/mol. The lowest BCUT2D eigenvalue weighted by atomic mass is 9.75. The number of aliphatic hydroxyl groups is 1. The smallest absolute Gasteiger partial charge is 0.149 e. The Hall–Kier alpha value is -3.77. The zero-order valence-electron chi connectivity index (χ0n) is 18.4. The van der Waals surface area contributed by atoms with E-state index in [-0.39, 0.29) is 6.61 Å². The van der Waals surface area contributed by atoms with Crippen LogP contribution in [0, 0.1) is 11.8 Å². The summed E-state index contributed by atoms with van der Waals surface area (Å²) in [7, 11) is 0. The molecule has 1 fully saturated rings. The van der Waals surface area contributed by atoms with Gasteiger partial charge >= 0.3 is 0 Å². The molecule has 1 aliphatic heterocycles. The van der Waals surface area contributed by atoms with Gasteiger partial charge < -0.3 is 15.7 Å². The molecular weight excluding hydrogens is 410 g/mol. The van der Waals surface area contributed by atoms with Crippen molar-refractivity contribution in [3.63, 3.8) is 0 Å². The van der Waals surface area contributed by atoms with Gasteiger partial charge in [0.2, 0.25) is 0 Å². The topological polar surface area (TPSA) is 87.1 Å². The molecule has 0 amide bonds. The van der Waals surface area contributed by atoms with Crippen LogP contribution in [0.1, 0.15) is 18.4 Å². The summed E-state index contributed by atoms with van der Waals surface area (Å²) in [5.41, 5.74) is 11.6. The molecule has 5 rings (SSSR count). The quantitative estimate of drug-likeness (QED) is 0.559. The van der Waals surface area contributed by atoms with E-state index in [1.165, 1.54) is 0 Å². The van der Waals surface area contributed by atoms with E-state index in [1.807, 2.05) is 48.7 Å². The molecule has 3 aromatic rings. The standard InChI is InChI=1S/C27H27N5O/c1-29-25(26-27(28)30-11-12-32(26)16-18-13-19(14-18)17-33)22-8-7-21-9-10-23(31-24(21)15-22)20-5-3-2-4-6-20/h2-12,15,18-19,33H,1,13-14,16-17H2,(H2,28,30)/b26-25-. The summed E-state index contributed by atoms with van der Waals surface area (Å²) in [6.45, 7) is 4.91. The van der Waals surface area contributed by atoms with Crippen molar-refractivity contribution in [1.29, 1.82) is 0 Å². The average Bonchev–Trinajstić information content (AvgIpc) is 2.83. The number of aromatic nitrogens is 1. The second kappa shape index (κ2) is 9.00. The summed E-state index contributed by atoms with van der Waals surface area (Å²) < 4.78 is 0. The molecule has 0 bridgehead atoms. The first kappa shape index (κ1) is 21.1. The Morgan fingerprint density at radius 3 is 2.64 bits per heavy atom. The normalized spacial score (nSPS) is 21.5. The summed E-state index contributed by atoms with van der Waals surface area (Å²) in [6, 6.07) is 20.4. The van der Waals surface area contributed by atoms with Crippen molar-refractivity contribution < 1.29 is 5.11 Å². The van der Waals surface area contributed by atoms with Crippen LogP contribution in [-0.4, -0.2) is 40.7 Å². The number of fused-ring (bicyclic) bond motifs is 1. The molecule has 2 aliphatic rings. The highest BCUT2D eigenvalue weighted by molar-refractivity contribution is 6.05. The summed E-state index contributed by atoms with van der Waals surface area (Å²) in [5, 5.41) is 10.4. The largest absolute Gasteiger partial charge is 0.396 e. The molecule has 3 N–H and O–H groups in total. The van der Waals surface area contributed by atoms with Crippen molar-refractivity contribution >= 4 is 29.2 Å². The Morgan fingerprint density at radius 2 is 1.88 bits per heavy atom. The Balaban J connectivity index is 1.53. The number of aliphatic imine (C=N–C) groups is 2. The van der Waals surface area contributed by atoms with Gasteiger partial charge in [0.15, 0.2) is 0 Å². The number of aliphatic hydroxyl groups excluding tert-OH is 1. The van der Waals surface area contributed by atoms with E-state index in [0.29, 0.717) is 23.4 Å². The second-order valence-corrected chi connectivity index (χ2v) is 8.68. The van der Waals surface area contributed by atoms with Crippen LogP contribution in [0.4, 0.5) is 0 Å². The van der Waals surface area contributed by atoms with Gasteiger partial charge in [0, 0.05) is 42.1 Å². The van der Waals surface area contributed by atoms with Gasteiger partial charge in [-0.25, -0.2) is 9.98 Å². The molecule has 6 heteroatoms. The van der Waals surface area contributed by atoms with Crippen molar-refractivity contribution in [2.24, 2.45) is 27.6 Å². The maximum atomic E-state index is 9.35. The van der Waals surface area contributed by atoms with E-state index >= 15 is 0 Å². The first-order chi connectivity index (χ1) is 16.2. The average molecular weight is 438 g/mol. The summed E-state index contributed by atoms with van der Waals surface area (Å²) in [6.07, 6.45) is 5.69. The number of amidine groups is 1. The van der Waals surface area contributed by atoms with Gasteiger partial charge in [-0.05, 0) is 43.5 Å². The van der Waals surface area contributed by atoms with Crippen LogP contribution < -0.4 is 5.73 Å². The maximum Gasteiger partial charge on any atom is 0.149 e. The Labute approximate surface area is 193 Å². The minimum atomic E-state index is 0.257. The molecule has 33 heavy (non-hydrogen) atoms. The molecule has 0 saturated heterocycles. The third-order valence-corrected chi connectivity index (χ3v) is 6.45. The van der Waals surface area contributed by atoms with Gasteiger partial charge in [0.05, 0.1) is 16.9 Å². The molecule has 1 aromatic heterocycles. The number of hydrogen-bond acceptors (Lipinski definition) is 6. The molecule has 0 atom stereocenters. The van der Waals surface area contributed by atoms with Crippen molar-refractivity contribution in [3.8, 4) is 11.3 Å². The summed E-state index contributed by atoms with van der Waals surface area (Å²) in [4.78, 5) is 15.7. The third kappa shape index (κ3) is 4.17. The fraction of sp³-hybridized carbons (Fsp3) is 0.222. The van der Waals surface area contributed by atoms with Gasteiger partial charge in [0.1, 0.15) is 11.5 Å². The molecule has 2 heterocycles. The predicted octanol–water partition coefficient (Wildman–Crippen LogP) is 4.43. The highest BCUT2D eigenvalue weighted by Crippen LogP contribution is 2.36. The lowest BCUT2D eigenvalue weighted by Crippen LogP contribution is -2.39. The Morgan fingerprint density at radius 1 is 1.09 bits per heavy atom. The summed E-state index contributed by atoms with van der Waals surface area (Å²) in [5.74, 6) is 1.33. The van der Waals surface area contributed by atoms with Crippen molar-refractivity contribution in [3.05, 3.63) is 84.3 Å². The molecule has 1 saturated carbocycles. The van der Waals surface area contributed by atoms with Crippen molar-refractivity contribution in [2.45, 2.75) is 12.8 Å². The van der Waals surface area contributed by atoms with Gasteiger partial charge in [-0.1, -0.05) is 48.5 Å². The van der Waals surface area contributed by atoms with Crippen molar-refractivity contribution in [1.82, 2.24) is 9.88 Å². The van der Waals surface area contributed by atoms with E-state index in [0.717, 1.165) is 52.8 Å². The van der Waals surface area contributed by atoms with Gasteiger partial charge in [-0.2, -0.15) is 0 Å². The van der Waals surface area contributed by atoms with Gasteiger partial charge in [0.25, 0.3) is 0 Å². The van der Waals surface area contributed by atoms with Crippen molar-refractivity contribution in [2.75, 3.05) is 13.2 Å². The fourth-order valence-corrected chi connectivity index (χ4v) is 4.67. The number of pyridine rings is 1. The fourth-order valence-electron chi connectivity index (χ4n) is 4.67. The van der Waals surface area contributed by atoms with Crippen LogP contribution in [0.5, 0.6) is 0 Å². The number of nitrogens with two attached hydrogens (primary N) is 1. The highest BCUT2D eigenvalue weighted by Gasteiger charge is 2.31. The van der Waals surface area contributed by atoms with Crippen LogP contribution in [0.2, 0.25) is 0 Å². The number of rotatable bonds is 6. The molecule has 0 unspecified atom stereocenters. The highest BCUT2D eigenvalue weighted by atomic mass is 16.3. The van der Waals surface area contributed by atoms with E-state index in [4.69, 9.17) is 10.7 Å². The van der Waals surface area contributed by atoms with Crippen LogP contribution in [0.15, 0.2) is 88.7 Å². The van der Waals surface area contributed by atoms with E-state index in [9.17, 15) is 5.11 Å². The lowest BCUT2D eigenvalue weighted by Gasteiger charge is -2.38. The summed E-state index contributed by atoms with van der Waals surface area (Å²) >= 11 is 0. The van der Waals surface area contributed by atoms with E-state index in [1.54, 1.807) is 6.20 Å². The zero-order chi connectivity index (χ0) is 22.8. The molecular formula is C27H27N5O. The molecule has 2 aromatic carbocycles. The number of nitrogens with zero attached hydrogens (tertiary/aromatic N) is 4. The van der Waals surface area contributed by atoms with Crippen LogP contribution >= 0.6 is 0 Å². The maximum absolute atomic E-state index is 9.35. The van der Waals surface area contributed by atoms with E-state index < -0.39 is 0 Å². The first-order valence-corrected chi connectivity index (χ1v) is 11.2. The minimum absolute atomic E-state index is 0.257. The minimum Gasteiger partial charge on any atom is -0.396 e. The van der Waals surface area contributed by atoms with Crippen LogP contribution in [0.25, 0.3) is 27.9 Å².